The Morgan fingerprint density at radius 3 is 2.31 bits per heavy atom. The number of thioether (sulfide) groups is 1. The van der Waals surface area contributed by atoms with Crippen molar-refractivity contribution in [2.24, 2.45) is 0 Å². The third kappa shape index (κ3) is 5.18. The Hall–Kier alpha value is -2.14. The molecule has 0 heterocycles. The molecule has 0 radical (unpaired) electrons. The van der Waals surface area contributed by atoms with Crippen molar-refractivity contribution in [3.8, 4) is 11.5 Å². The molecule has 0 spiro atoms. The molecule has 1 N–H and O–H groups in total. The van der Waals surface area contributed by atoms with E-state index < -0.39 is 0 Å². The lowest BCUT2D eigenvalue weighted by molar-refractivity contribution is -0.121. The fourth-order valence-corrected chi connectivity index (χ4v) is 3.56. The molecule has 5 heteroatoms. The maximum absolute atomic E-state index is 12.6. The van der Waals surface area contributed by atoms with Crippen molar-refractivity contribution < 1.29 is 14.3 Å². The smallest absolute Gasteiger partial charge is 0.233 e. The second kappa shape index (κ2) is 9.53. The number of benzene rings is 2. The molecule has 0 aliphatic rings. The molecule has 0 unspecified atom stereocenters. The number of carbonyl (C=O) groups is 1. The predicted octanol–water partition coefficient (Wildman–Crippen LogP) is 4.76. The molecule has 0 aliphatic carbocycles. The molecular weight excluding hydrogens is 346 g/mol. The number of carbonyl (C=O) groups excluding carboxylic acids is 1. The minimum absolute atomic E-state index is 0.0246. The number of nitrogens with one attached hydrogen (secondary N) is 1. The third-order valence-electron chi connectivity index (χ3n) is 4.24. The highest BCUT2D eigenvalue weighted by Gasteiger charge is 2.19. The summed E-state index contributed by atoms with van der Waals surface area (Å²) >= 11 is 1.50. The lowest BCUT2D eigenvalue weighted by Crippen LogP contribution is -2.34. The molecule has 4 nitrogen and oxygen atoms in total. The first kappa shape index (κ1) is 20.2. The number of aryl methyl sites for hydroxylation is 1. The minimum atomic E-state index is -0.215. The van der Waals surface area contributed by atoms with Crippen LogP contribution in [0.1, 0.15) is 37.4 Å². The summed E-state index contributed by atoms with van der Waals surface area (Å²) in [5.74, 6) is 1.37. The second-order valence-corrected chi connectivity index (χ2v) is 7.57. The van der Waals surface area contributed by atoms with Crippen molar-refractivity contribution in [2.45, 2.75) is 43.4 Å². The Kier molecular flexibility index (Phi) is 7.39. The highest BCUT2D eigenvalue weighted by atomic mass is 32.2. The van der Waals surface area contributed by atoms with Crippen LogP contribution in [0.3, 0.4) is 0 Å². The molecule has 2 atom stereocenters. The Bertz CT molecular complexity index is 731. The monoisotopic (exact) mass is 373 g/mol. The van der Waals surface area contributed by atoms with Crippen LogP contribution >= 0.6 is 11.8 Å². The molecule has 2 rings (SSSR count). The predicted molar refractivity (Wildman–Crippen MR) is 107 cm³/mol. The van der Waals surface area contributed by atoms with Crippen LogP contribution in [0.2, 0.25) is 0 Å². The lowest BCUT2D eigenvalue weighted by atomic mass is 10.0. The van der Waals surface area contributed by atoms with Gasteiger partial charge in [0.15, 0.2) is 11.5 Å². The van der Waals surface area contributed by atoms with Crippen molar-refractivity contribution in [2.75, 3.05) is 14.2 Å². The summed E-state index contributed by atoms with van der Waals surface area (Å²) in [5, 5.41) is 2.94. The van der Waals surface area contributed by atoms with E-state index in [1.54, 1.807) is 14.2 Å². The van der Waals surface area contributed by atoms with E-state index in [-0.39, 0.29) is 17.2 Å². The Morgan fingerprint density at radius 1 is 1.08 bits per heavy atom. The number of rotatable bonds is 8. The first-order valence-electron chi connectivity index (χ1n) is 8.74. The normalized spacial score (nSPS) is 13.0. The van der Waals surface area contributed by atoms with Gasteiger partial charge in [-0.1, -0.05) is 36.8 Å². The van der Waals surface area contributed by atoms with Gasteiger partial charge in [-0.05, 0) is 44.0 Å². The Labute approximate surface area is 160 Å². The molecule has 1 amide bonds. The van der Waals surface area contributed by atoms with Crippen LogP contribution in [-0.4, -0.2) is 25.4 Å². The molecule has 0 aliphatic heterocycles. The van der Waals surface area contributed by atoms with Gasteiger partial charge in [0.25, 0.3) is 0 Å². The van der Waals surface area contributed by atoms with Gasteiger partial charge in [0.05, 0.1) is 25.5 Å². The van der Waals surface area contributed by atoms with Gasteiger partial charge in [-0.25, -0.2) is 0 Å². The summed E-state index contributed by atoms with van der Waals surface area (Å²) in [7, 11) is 3.21. The zero-order chi connectivity index (χ0) is 19.1. The summed E-state index contributed by atoms with van der Waals surface area (Å²) in [6, 6.07) is 14.0. The fourth-order valence-electron chi connectivity index (χ4n) is 2.66. The summed E-state index contributed by atoms with van der Waals surface area (Å²) < 4.78 is 10.6. The van der Waals surface area contributed by atoms with Crippen LogP contribution in [0.25, 0.3) is 0 Å². The Morgan fingerprint density at radius 2 is 1.73 bits per heavy atom. The maximum atomic E-state index is 12.6. The molecule has 0 bridgehead atoms. The average Bonchev–Trinajstić information content (AvgIpc) is 2.66. The van der Waals surface area contributed by atoms with Gasteiger partial charge < -0.3 is 14.8 Å². The van der Waals surface area contributed by atoms with Crippen molar-refractivity contribution in [1.82, 2.24) is 5.32 Å². The molecule has 26 heavy (non-hydrogen) atoms. The van der Waals surface area contributed by atoms with E-state index in [9.17, 15) is 4.79 Å². The van der Waals surface area contributed by atoms with E-state index in [2.05, 4.69) is 43.4 Å². The number of amides is 1. The van der Waals surface area contributed by atoms with Crippen LogP contribution in [-0.2, 0) is 4.79 Å². The fraction of sp³-hybridized carbons (Fsp3) is 0.381. The first-order valence-corrected chi connectivity index (χ1v) is 9.62. The van der Waals surface area contributed by atoms with Crippen LogP contribution in [0, 0.1) is 6.92 Å². The molecule has 0 aromatic heterocycles. The van der Waals surface area contributed by atoms with E-state index in [0.717, 1.165) is 16.9 Å². The van der Waals surface area contributed by atoms with E-state index in [1.165, 1.54) is 17.3 Å². The lowest BCUT2D eigenvalue weighted by Gasteiger charge is -2.20. The van der Waals surface area contributed by atoms with Gasteiger partial charge in [0.2, 0.25) is 5.91 Å². The highest BCUT2D eigenvalue weighted by Crippen LogP contribution is 2.33. The van der Waals surface area contributed by atoms with Gasteiger partial charge in [-0.3, -0.25) is 4.79 Å². The number of methoxy groups -OCH3 is 2. The van der Waals surface area contributed by atoms with Crippen LogP contribution in [0.15, 0.2) is 47.4 Å². The third-order valence-corrected chi connectivity index (χ3v) is 5.34. The van der Waals surface area contributed by atoms with Gasteiger partial charge >= 0.3 is 0 Å². The van der Waals surface area contributed by atoms with E-state index in [4.69, 9.17) is 9.47 Å². The molecule has 0 fully saturated rings. The zero-order valence-electron chi connectivity index (χ0n) is 16.0. The second-order valence-electron chi connectivity index (χ2n) is 6.16. The summed E-state index contributed by atoms with van der Waals surface area (Å²) in [4.78, 5) is 13.6. The van der Waals surface area contributed by atoms with Gasteiger partial charge in [-0.15, -0.1) is 11.8 Å². The van der Waals surface area contributed by atoms with Crippen molar-refractivity contribution >= 4 is 17.7 Å². The minimum Gasteiger partial charge on any atom is -0.493 e. The molecule has 2 aromatic carbocycles. The van der Waals surface area contributed by atoms with E-state index in [1.807, 2.05) is 25.1 Å². The topological polar surface area (TPSA) is 47.6 Å². The van der Waals surface area contributed by atoms with Crippen molar-refractivity contribution in [3.05, 3.63) is 53.6 Å². The molecule has 0 saturated heterocycles. The molecule has 0 saturated carbocycles. The van der Waals surface area contributed by atoms with Crippen molar-refractivity contribution in [1.29, 1.82) is 0 Å². The van der Waals surface area contributed by atoms with E-state index >= 15 is 0 Å². The molecule has 2 aromatic rings. The molecular formula is C21H27NO3S. The SMILES string of the molecule is CC[C@@H](NC(=O)[C@H](C)Sc1ccc(OC)c(OC)c1)c1ccc(C)cc1. The zero-order valence-corrected chi connectivity index (χ0v) is 16.9. The Balaban J connectivity index is 2.03. The van der Waals surface area contributed by atoms with Gasteiger partial charge in [-0.2, -0.15) is 0 Å². The summed E-state index contributed by atoms with van der Waals surface area (Å²) in [5.41, 5.74) is 2.35. The highest BCUT2D eigenvalue weighted by molar-refractivity contribution is 8.00. The first-order chi connectivity index (χ1) is 12.5. The van der Waals surface area contributed by atoms with Gasteiger partial charge in [0, 0.05) is 4.90 Å². The largest absolute Gasteiger partial charge is 0.493 e. The summed E-state index contributed by atoms with van der Waals surface area (Å²) in [6.45, 7) is 6.06. The standard InChI is InChI=1S/C21H27NO3S/c1-6-18(16-9-7-14(2)8-10-16)22-21(23)15(3)26-17-11-12-19(24-4)20(13-17)25-5/h7-13,15,18H,6H2,1-5H3,(H,22,23)/t15-,18+/m0/s1. The maximum Gasteiger partial charge on any atom is 0.233 e. The summed E-state index contributed by atoms with van der Waals surface area (Å²) in [6.07, 6.45) is 0.850. The number of hydrogen-bond donors (Lipinski definition) is 1. The quantitative estimate of drug-likeness (QED) is 0.678. The molecule has 140 valence electrons. The number of ether oxygens (including phenoxy) is 2. The van der Waals surface area contributed by atoms with Crippen molar-refractivity contribution in [3.63, 3.8) is 0 Å². The van der Waals surface area contributed by atoms with E-state index in [0.29, 0.717) is 11.5 Å². The van der Waals surface area contributed by atoms with Gasteiger partial charge in [0.1, 0.15) is 0 Å². The van der Waals surface area contributed by atoms with Crippen LogP contribution in [0.5, 0.6) is 11.5 Å². The average molecular weight is 374 g/mol. The van der Waals surface area contributed by atoms with Crippen LogP contribution in [0.4, 0.5) is 0 Å². The number of hydrogen-bond acceptors (Lipinski definition) is 4. The van der Waals surface area contributed by atoms with Crippen LogP contribution < -0.4 is 14.8 Å².